The Morgan fingerprint density at radius 1 is 0.938 bits per heavy atom. The number of carbonyl (C=O) groups is 4. The van der Waals surface area contributed by atoms with Crippen LogP contribution in [0.4, 0.5) is 4.53 Å². The summed E-state index contributed by atoms with van der Waals surface area (Å²) in [6.45, 7) is 0. The van der Waals surface area contributed by atoms with E-state index in [1.165, 1.54) is 0 Å². The Morgan fingerprint density at radius 2 is 1.25 bits per heavy atom. The standard InChI is InChI=1S/C4H2BFO9.Li.H/c6-15-5(13-3(11)1(7)8)14-4(12)2(9)10;;/h(H,7,8)(H,9,10);;. The second kappa shape index (κ2) is 7.69. The fraction of sp³-hybridized carbons (Fsp3) is 0. The molecule has 0 saturated heterocycles. The van der Waals surface area contributed by atoms with Crippen LogP contribution in [0.15, 0.2) is 0 Å². The van der Waals surface area contributed by atoms with Gasteiger partial charge in [-0.2, -0.15) is 4.86 Å². The number of carbonyl (C=O) groups excluding carboxylic acids is 2. The van der Waals surface area contributed by atoms with Crippen LogP contribution in [0, 0.1) is 0 Å². The summed E-state index contributed by atoms with van der Waals surface area (Å²) in [5.41, 5.74) is 0. The van der Waals surface area contributed by atoms with E-state index in [4.69, 9.17) is 10.2 Å². The Bertz CT molecular complexity index is 278. The molecule has 0 unspecified atom stereocenters. The Balaban J connectivity index is 0. The van der Waals surface area contributed by atoms with E-state index >= 15 is 0 Å². The van der Waals surface area contributed by atoms with Gasteiger partial charge in [-0.05, 0) is 0 Å². The van der Waals surface area contributed by atoms with Crippen molar-refractivity contribution in [3.05, 3.63) is 0 Å². The van der Waals surface area contributed by atoms with Crippen molar-refractivity contribution in [3.63, 3.8) is 0 Å². The summed E-state index contributed by atoms with van der Waals surface area (Å²) in [6, 6.07) is 0. The van der Waals surface area contributed by atoms with Gasteiger partial charge in [0, 0.05) is 0 Å². The van der Waals surface area contributed by atoms with Crippen molar-refractivity contribution >= 4 is 50.1 Å². The summed E-state index contributed by atoms with van der Waals surface area (Å²) in [6.07, 6.45) is 0. The molecule has 9 nitrogen and oxygen atoms in total. The number of rotatable bonds is 3. The predicted molar refractivity (Wildman–Crippen MR) is 42.6 cm³/mol. The van der Waals surface area contributed by atoms with Gasteiger partial charge in [0.1, 0.15) is 0 Å². The summed E-state index contributed by atoms with van der Waals surface area (Å²) >= 11 is 0. The molecule has 0 aromatic carbocycles. The van der Waals surface area contributed by atoms with Crippen molar-refractivity contribution in [2.45, 2.75) is 0 Å². The molecule has 0 rings (SSSR count). The molecule has 0 aliphatic carbocycles. The van der Waals surface area contributed by atoms with Crippen LogP contribution in [0.25, 0.3) is 0 Å². The van der Waals surface area contributed by atoms with E-state index in [0.717, 1.165) is 0 Å². The molecule has 0 saturated carbocycles. The molecule has 0 aromatic rings. The number of hydrogen-bond acceptors (Lipinski definition) is 7. The van der Waals surface area contributed by atoms with E-state index < -0.39 is 31.2 Å². The third-order valence-corrected chi connectivity index (χ3v) is 0.829. The molecular weight excluding hydrogens is 229 g/mol. The number of halogens is 1. The maximum absolute atomic E-state index is 11.5. The molecule has 12 heteroatoms. The average Bonchev–Trinajstić information content (AvgIpc) is 2.15. The van der Waals surface area contributed by atoms with Gasteiger partial charge in [0.05, 0.1) is 0 Å². The van der Waals surface area contributed by atoms with Gasteiger partial charge in [0.15, 0.2) is 0 Å². The molecule has 0 amide bonds. The van der Waals surface area contributed by atoms with E-state index in [9.17, 15) is 23.7 Å². The Kier molecular flexibility index (Phi) is 8.10. The molecule has 0 heterocycles. The van der Waals surface area contributed by atoms with E-state index in [-0.39, 0.29) is 18.9 Å². The van der Waals surface area contributed by atoms with Crippen LogP contribution in [-0.2, 0) is 33.3 Å². The minimum atomic E-state index is -2.68. The summed E-state index contributed by atoms with van der Waals surface area (Å²) in [5.74, 6) is -8.20. The molecule has 0 atom stereocenters. The third kappa shape index (κ3) is 6.02. The zero-order chi connectivity index (χ0) is 12.0. The zero-order valence-electron chi connectivity index (χ0n) is 6.71. The van der Waals surface area contributed by atoms with Gasteiger partial charge in [-0.15, -0.1) is 0 Å². The first-order chi connectivity index (χ1) is 6.88. The van der Waals surface area contributed by atoms with Gasteiger partial charge >= 0.3 is 50.1 Å². The summed E-state index contributed by atoms with van der Waals surface area (Å²) in [5, 5.41) is 15.9. The summed E-state index contributed by atoms with van der Waals surface area (Å²) < 4.78 is 18.5. The zero-order valence-corrected chi connectivity index (χ0v) is 6.71. The van der Waals surface area contributed by atoms with Crippen molar-refractivity contribution in [2.75, 3.05) is 0 Å². The fourth-order valence-corrected chi connectivity index (χ4v) is 0.336. The molecule has 0 fully saturated rings. The molecule has 0 spiro atoms. The Morgan fingerprint density at radius 3 is 1.44 bits per heavy atom. The monoisotopic (exact) mass is 232 g/mol. The second-order valence-corrected chi connectivity index (χ2v) is 1.80. The fourth-order valence-electron chi connectivity index (χ4n) is 0.336. The summed E-state index contributed by atoms with van der Waals surface area (Å²) in [7, 11) is -2.68. The molecule has 0 aliphatic heterocycles. The number of hydrogen-bond donors (Lipinski definition) is 2. The van der Waals surface area contributed by atoms with Gasteiger partial charge in [-0.25, -0.2) is 19.2 Å². The molecule has 0 aliphatic rings. The quantitative estimate of drug-likeness (QED) is 0.398. The number of carboxylic acids is 2. The summed E-state index contributed by atoms with van der Waals surface area (Å²) in [4.78, 5) is 42.9. The topological polar surface area (TPSA) is 136 Å². The molecule has 0 radical (unpaired) electrons. The molecule has 16 heavy (non-hydrogen) atoms. The molecule has 0 bridgehead atoms. The Labute approximate surface area is 98.7 Å². The van der Waals surface area contributed by atoms with Crippen LogP contribution in [0.5, 0.6) is 0 Å². The van der Waals surface area contributed by atoms with Crippen LogP contribution in [0.2, 0.25) is 0 Å². The average molecular weight is 232 g/mol. The van der Waals surface area contributed by atoms with Gasteiger partial charge in [0.25, 0.3) is 0 Å². The van der Waals surface area contributed by atoms with Crippen LogP contribution >= 0.6 is 0 Å². The van der Waals surface area contributed by atoms with Crippen molar-refractivity contribution in [1.82, 2.24) is 0 Å². The normalized spacial score (nSPS) is 8.31. The van der Waals surface area contributed by atoms with Gasteiger partial charge in [-0.1, -0.05) is 4.53 Å². The Hall–Kier alpha value is -1.57. The molecule has 84 valence electrons. The van der Waals surface area contributed by atoms with Crippen LogP contribution in [0.1, 0.15) is 0 Å². The van der Waals surface area contributed by atoms with Crippen molar-refractivity contribution in [1.29, 1.82) is 0 Å². The second-order valence-electron chi connectivity index (χ2n) is 1.80. The minimum absolute atomic E-state index is 0. The maximum atomic E-state index is 11.5. The number of aliphatic carboxylic acids is 2. The van der Waals surface area contributed by atoms with E-state index in [2.05, 4.69) is 14.2 Å². The first-order valence-electron chi connectivity index (χ1n) is 3.03. The van der Waals surface area contributed by atoms with Crippen LogP contribution in [-0.4, -0.2) is 60.3 Å². The van der Waals surface area contributed by atoms with E-state index in [0.29, 0.717) is 0 Å². The van der Waals surface area contributed by atoms with E-state index in [1.54, 1.807) is 0 Å². The van der Waals surface area contributed by atoms with E-state index in [1.807, 2.05) is 0 Å². The first kappa shape index (κ1) is 16.8. The van der Waals surface area contributed by atoms with Crippen LogP contribution < -0.4 is 0 Å². The van der Waals surface area contributed by atoms with Crippen LogP contribution in [0.3, 0.4) is 0 Å². The molecular formula is C4H3BFLiO9. The van der Waals surface area contributed by atoms with Gasteiger partial charge in [0.2, 0.25) is 0 Å². The molecule has 2 N–H and O–H groups in total. The molecule has 0 aromatic heterocycles. The SMILES string of the molecule is O=C(O)C(=O)OB(OF)OC(=O)C(=O)O.[LiH]. The number of carboxylic acid groups (broad SMARTS) is 2. The first-order valence-corrected chi connectivity index (χ1v) is 3.03. The van der Waals surface area contributed by atoms with Gasteiger partial charge < -0.3 is 19.5 Å². The predicted octanol–water partition coefficient (Wildman–Crippen LogP) is -2.52. The third-order valence-electron chi connectivity index (χ3n) is 0.829. The van der Waals surface area contributed by atoms with Gasteiger partial charge in [-0.3, -0.25) is 0 Å². The van der Waals surface area contributed by atoms with Crippen molar-refractivity contribution in [2.24, 2.45) is 0 Å². The van der Waals surface area contributed by atoms with Crippen molar-refractivity contribution < 1.29 is 48.1 Å². The van der Waals surface area contributed by atoms with Crippen molar-refractivity contribution in [3.8, 4) is 0 Å².